The van der Waals surface area contributed by atoms with Crippen LogP contribution < -0.4 is 9.47 Å². The molecule has 0 fully saturated rings. The monoisotopic (exact) mass is 445 g/mol. The summed E-state index contributed by atoms with van der Waals surface area (Å²) in [5, 5.41) is 8.37. The number of hydrogen-bond acceptors (Lipinski definition) is 7. The van der Waals surface area contributed by atoms with E-state index >= 15 is 0 Å². The summed E-state index contributed by atoms with van der Waals surface area (Å²) >= 11 is 0. The van der Waals surface area contributed by atoms with Crippen molar-refractivity contribution >= 4 is 0 Å². The van der Waals surface area contributed by atoms with Gasteiger partial charge in [0, 0.05) is 32.5 Å². The van der Waals surface area contributed by atoms with Crippen LogP contribution in [-0.2, 0) is 9.47 Å². The van der Waals surface area contributed by atoms with Crippen molar-refractivity contribution in [2.45, 2.75) is 65.2 Å². The number of aromatic nitrogens is 3. The first-order valence-corrected chi connectivity index (χ1v) is 12.0. The highest BCUT2D eigenvalue weighted by molar-refractivity contribution is 5.54. The molecular formula is C25H39N3O4. The molecule has 2 heterocycles. The Morgan fingerprint density at radius 3 is 1.75 bits per heavy atom. The fourth-order valence-electron chi connectivity index (χ4n) is 2.83. The smallest absolute Gasteiger partial charge is 0.233 e. The molecule has 0 radical (unpaired) electrons. The molecule has 0 spiro atoms. The van der Waals surface area contributed by atoms with Gasteiger partial charge in [0.15, 0.2) is 0 Å². The van der Waals surface area contributed by atoms with Gasteiger partial charge in [-0.15, -0.1) is 10.2 Å². The van der Waals surface area contributed by atoms with Gasteiger partial charge in [0.1, 0.15) is 11.4 Å². The highest BCUT2D eigenvalue weighted by atomic mass is 16.5. The minimum Gasteiger partial charge on any atom is -0.492 e. The Bertz CT molecular complexity index is 634. The lowest BCUT2D eigenvalue weighted by Gasteiger charge is -2.08. The van der Waals surface area contributed by atoms with Crippen molar-refractivity contribution < 1.29 is 18.9 Å². The van der Waals surface area contributed by atoms with Crippen molar-refractivity contribution in [1.82, 2.24) is 15.2 Å². The van der Waals surface area contributed by atoms with E-state index in [1.807, 2.05) is 24.3 Å². The first-order chi connectivity index (χ1) is 15.8. The molecule has 0 saturated heterocycles. The average molecular weight is 446 g/mol. The number of pyridine rings is 1. The Kier molecular flexibility index (Phi) is 14.1. The van der Waals surface area contributed by atoms with Gasteiger partial charge >= 0.3 is 0 Å². The van der Waals surface area contributed by atoms with E-state index in [1.54, 1.807) is 6.20 Å². The number of hydrogen-bond donors (Lipinski definition) is 0. The van der Waals surface area contributed by atoms with E-state index in [4.69, 9.17) is 18.9 Å². The van der Waals surface area contributed by atoms with Crippen LogP contribution in [0.25, 0.3) is 11.4 Å². The second-order valence-corrected chi connectivity index (χ2v) is 7.68. The predicted molar refractivity (Wildman–Crippen MR) is 126 cm³/mol. The average Bonchev–Trinajstić information content (AvgIpc) is 2.83. The van der Waals surface area contributed by atoms with Gasteiger partial charge in [-0.1, -0.05) is 26.7 Å². The third-order valence-corrected chi connectivity index (χ3v) is 4.81. The molecule has 0 aromatic carbocycles. The third kappa shape index (κ3) is 11.4. The maximum atomic E-state index is 5.75. The van der Waals surface area contributed by atoms with E-state index in [9.17, 15) is 0 Å². The van der Waals surface area contributed by atoms with E-state index in [2.05, 4.69) is 29.0 Å². The van der Waals surface area contributed by atoms with Crippen molar-refractivity contribution in [2.24, 2.45) is 0 Å². The van der Waals surface area contributed by atoms with Crippen LogP contribution in [0, 0.1) is 0 Å². The van der Waals surface area contributed by atoms with Gasteiger partial charge in [-0.25, -0.2) is 0 Å². The van der Waals surface area contributed by atoms with Crippen molar-refractivity contribution in [3.63, 3.8) is 0 Å². The number of nitrogens with zero attached hydrogens (tertiary/aromatic N) is 3. The normalized spacial score (nSPS) is 10.9. The van der Waals surface area contributed by atoms with Gasteiger partial charge in [-0.2, -0.15) is 0 Å². The zero-order valence-electron chi connectivity index (χ0n) is 19.8. The Balaban J connectivity index is 1.61. The van der Waals surface area contributed by atoms with Crippen LogP contribution in [0.4, 0.5) is 0 Å². The van der Waals surface area contributed by atoms with Crippen LogP contribution >= 0.6 is 0 Å². The fourth-order valence-corrected chi connectivity index (χ4v) is 2.83. The van der Waals surface area contributed by atoms with Crippen molar-refractivity contribution in [2.75, 3.05) is 39.6 Å². The summed E-state index contributed by atoms with van der Waals surface area (Å²) in [6.07, 6.45) is 10.2. The molecule has 2 aromatic rings. The summed E-state index contributed by atoms with van der Waals surface area (Å²) in [6, 6.07) is 7.51. The second-order valence-electron chi connectivity index (χ2n) is 7.68. The van der Waals surface area contributed by atoms with E-state index in [0.29, 0.717) is 24.8 Å². The molecule has 0 aliphatic rings. The van der Waals surface area contributed by atoms with Crippen molar-refractivity contribution in [3.8, 4) is 23.0 Å². The summed E-state index contributed by atoms with van der Waals surface area (Å²) in [6.45, 7) is 8.89. The molecule has 7 nitrogen and oxygen atoms in total. The molecule has 0 saturated carbocycles. The van der Waals surface area contributed by atoms with Gasteiger partial charge in [0.25, 0.3) is 0 Å². The fraction of sp³-hybridized carbons (Fsp3) is 0.640. The molecule has 0 N–H and O–H groups in total. The molecule has 0 atom stereocenters. The van der Waals surface area contributed by atoms with E-state index in [-0.39, 0.29) is 0 Å². The summed E-state index contributed by atoms with van der Waals surface area (Å²) in [5.41, 5.74) is 1.46. The van der Waals surface area contributed by atoms with Crippen molar-refractivity contribution in [3.05, 3.63) is 30.5 Å². The van der Waals surface area contributed by atoms with E-state index in [1.165, 1.54) is 12.8 Å². The Labute approximate surface area is 192 Å². The molecular weight excluding hydrogens is 406 g/mol. The Hall–Kier alpha value is -2.25. The largest absolute Gasteiger partial charge is 0.492 e. The summed E-state index contributed by atoms with van der Waals surface area (Å²) < 4.78 is 22.5. The molecule has 2 aromatic heterocycles. The standard InChI is InChI=1S/C25H39N3O4/c1-3-5-15-29-17-7-9-19-31-22-11-12-23(26-21-22)24-13-14-25(28-27-24)32-20-10-8-18-30-16-6-4-2/h11-14,21H,3-10,15-20H2,1-2H3. The lowest BCUT2D eigenvalue weighted by molar-refractivity contribution is 0.123. The molecule has 178 valence electrons. The van der Waals surface area contributed by atoms with E-state index < -0.39 is 0 Å². The first kappa shape index (κ1) is 26.0. The molecule has 0 aliphatic heterocycles. The molecule has 0 amide bonds. The zero-order chi connectivity index (χ0) is 22.7. The Morgan fingerprint density at radius 2 is 1.19 bits per heavy atom. The summed E-state index contributed by atoms with van der Waals surface area (Å²) in [5.74, 6) is 1.28. The highest BCUT2D eigenvalue weighted by Gasteiger charge is 2.04. The second kappa shape index (κ2) is 17.3. The van der Waals surface area contributed by atoms with Crippen molar-refractivity contribution in [1.29, 1.82) is 0 Å². The van der Waals surface area contributed by atoms with Crippen LogP contribution in [0.5, 0.6) is 11.6 Å². The molecule has 0 aliphatic carbocycles. The molecule has 7 heteroatoms. The SMILES string of the molecule is CCCCOCCCCOc1ccc(-c2ccc(OCCCCOCCCC)nn2)nc1. The zero-order valence-corrected chi connectivity index (χ0v) is 19.8. The van der Waals surface area contributed by atoms with Gasteiger partial charge < -0.3 is 18.9 Å². The summed E-state index contributed by atoms with van der Waals surface area (Å²) in [7, 11) is 0. The van der Waals surface area contributed by atoms with Crippen LogP contribution in [0.2, 0.25) is 0 Å². The van der Waals surface area contributed by atoms with Crippen LogP contribution in [0.3, 0.4) is 0 Å². The molecule has 32 heavy (non-hydrogen) atoms. The maximum absolute atomic E-state index is 5.75. The molecule has 0 bridgehead atoms. The first-order valence-electron chi connectivity index (χ1n) is 12.0. The van der Waals surface area contributed by atoms with Gasteiger partial charge in [-0.05, 0) is 56.7 Å². The molecule has 2 rings (SSSR count). The maximum Gasteiger partial charge on any atom is 0.233 e. The Morgan fingerprint density at radius 1 is 0.594 bits per heavy atom. The lowest BCUT2D eigenvalue weighted by atomic mass is 10.2. The van der Waals surface area contributed by atoms with E-state index in [0.717, 1.165) is 76.4 Å². The minimum absolute atomic E-state index is 0.527. The number of unbranched alkanes of at least 4 members (excludes halogenated alkanes) is 4. The minimum atomic E-state index is 0.527. The number of ether oxygens (including phenoxy) is 4. The van der Waals surface area contributed by atoms with Crippen LogP contribution in [0.15, 0.2) is 30.5 Å². The van der Waals surface area contributed by atoms with Gasteiger partial charge in [0.05, 0.1) is 25.1 Å². The highest BCUT2D eigenvalue weighted by Crippen LogP contribution is 2.18. The summed E-state index contributed by atoms with van der Waals surface area (Å²) in [4.78, 5) is 4.44. The topological polar surface area (TPSA) is 75.6 Å². The lowest BCUT2D eigenvalue weighted by Crippen LogP contribution is -2.03. The van der Waals surface area contributed by atoms with Gasteiger partial charge in [0.2, 0.25) is 5.88 Å². The van der Waals surface area contributed by atoms with Crippen LogP contribution in [0.1, 0.15) is 65.2 Å². The third-order valence-electron chi connectivity index (χ3n) is 4.81. The predicted octanol–water partition coefficient (Wildman–Crippen LogP) is 5.49. The van der Waals surface area contributed by atoms with Crippen LogP contribution in [-0.4, -0.2) is 54.8 Å². The van der Waals surface area contributed by atoms with Gasteiger partial charge in [-0.3, -0.25) is 4.98 Å². The quantitative estimate of drug-likeness (QED) is 0.265. The number of rotatable bonds is 19. The molecule has 0 unspecified atom stereocenters.